The summed E-state index contributed by atoms with van der Waals surface area (Å²) in [6, 6.07) is 22.7. The Morgan fingerprint density at radius 3 is 2.38 bits per heavy atom. The third-order valence-electron chi connectivity index (χ3n) is 5.41. The van der Waals surface area contributed by atoms with Gasteiger partial charge in [0.15, 0.2) is 0 Å². The fourth-order valence-electron chi connectivity index (χ4n) is 3.77. The van der Waals surface area contributed by atoms with Crippen LogP contribution in [0.15, 0.2) is 77.4 Å². The molecule has 0 bridgehead atoms. The summed E-state index contributed by atoms with van der Waals surface area (Å²) in [5, 5.41) is 5.03. The molecule has 5 rings (SSSR count). The van der Waals surface area contributed by atoms with Gasteiger partial charge in [-0.3, -0.25) is 4.98 Å². The number of fused-ring (bicyclic) bond motifs is 1. The number of rotatable bonds is 6. The lowest BCUT2D eigenvalue weighted by atomic mass is 9.96. The van der Waals surface area contributed by atoms with Crippen LogP contribution in [0.25, 0.3) is 44.8 Å². The fourth-order valence-corrected chi connectivity index (χ4v) is 3.77. The topological polar surface area (TPSA) is 120 Å². The minimum atomic E-state index is 0.465. The third-order valence-corrected chi connectivity index (χ3v) is 5.41. The van der Waals surface area contributed by atoms with E-state index in [1.165, 1.54) is 5.56 Å². The first-order valence-corrected chi connectivity index (χ1v) is 10.6. The van der Waals surface area contributed by atoms with Gasteiger partial charge in [0.1, 0.15) is 5.69 Å². The van der Waals surface area contributed by atoms with Gasteiger partial charge in [-0.25, -0.2) is 4.98 Å². The number of quaternary nitrogens is 2. The highest BCUT2D eigenvalue weighted by atomic mass is 16.5. The molecule has 5 aromatic rings. The van der Waals surface area contributed by atoms with E-state index in [0.717, 1.165) is 39.8 Å². The van der Waals surface area contributed by atoms with E-state index >= 15 is 0 Å². The van der Waals surface area contributed by atoms with Crippen LogP contribution >= 0.6 is 0 Å². The molecule has 0 fully saturated rings. The number of aromatic nitrogens is 4. The molecule has 3 heterocycles. The second-order valence-electron chi connectivity index (χ2n) is 7.54. The Kier molecular flexibility index (Phi) is 5.41. The maximum absolute atomic E-state index is 5.37. The molecule has 0 aliphatic carbocycles. The molecule has 0 spiro atoms. The summed E-state index contributed by atoms with van der Waals surface area (Å²) >= 11 is 0. The molecule has 0 saturated carbocycles. The van der Waals surface area contributed by atoms with Crippen LogP contribution < -0.4 is 11.5 Å². The van der Waals surface area contributed by atoms with Crippen molar-refractivity contribution in [3.05, 3.63) is 84.4 Å². The summed E-state index contributed by atoms with van der Waals surface area (Å²) < 4.78 is 5.37. The summed E-state index contributed by atoms with van der Waals surface area (Å²) in [6.45, 7) is 1.45. The first-order chi connectivity index (χ1) is 15.8. The van der Waals surface area contributed by atoms with Crippen LogP contribution in [0, 0.1) is 0 Å². The van der Waals surface area contributed by atoms with E-state index in [1.54, 1.807) is 6.20 Å². The average molecular weight is 425 g/mol. The predicted octanol–water partition coefficient (Wildman–Crippen LogP) is 2.54. The zero-order chi connectivity index (χ0) is 21.9. The van der Waals surface area contributed by atoms with Gasteiger partial charge in [0.05, 0.1) is 30.7 Å². The van der Waals surface area contributed by atoms with Crippen LogP contribution in [-0.2, 0) is 13.0 Å². The summed E-state index contributed by atoms with van der Waals surface area (Å²) in [4.78, 5) is 14.1. The molecular weight excluding hydrogens is 400 g/mol. The van der Waals surface area contributed by atoms with Crippen molar-refractivity contribution in [3.8, 4) is 33.9 Å². The van der Waals surface area contributed by atoms with Crippen LogP contribution in [0.2, 0.25) is 0 Å². The molecule has 0 aliphatic rings. The molecule has 7 nitrogen and oxygen atoms in total. The Morgan fingerprint density at radius 2 is 1.62 bits per heavy atom. The van der Waals surface area contributed by atoms with Crippen molar-refractivity contribution in [3.63, 3.8) is 0 Å². The van der Waals surface area contributed by atoms with Gasteiger partial charge in [0.25, 0.3) is 0 Å². The molecule has 0 atom stereocenters. The van der Waals surface area contributed by atoms with Gasteiger partial charge in [0, 0.05) is 28.3 Å². The summed E-state index contributed by atoms with van der Waals surface area (Å²) in [5.41, 5.74) is 14.6. The van der Waals surface area contributed by atoms with Gasteiger partial charge in [-0.2, -0.15) is 4.98 Å². The molecule has 0 radical (unpaired) electrons. The molecule has 7 heteroatoms. The number of benzene rings is 2. The van der Waals surface area contributed by atoms with Gasteiger partial charge < -0.3 is 16.0 Å². The third kappa shape index (κ3) is 3.75. The van der Waals surface area contributed by atoms with Crippen molar-refractivity contribution in [2.45, 2.75) is 13.0 Å². The molecular formula is C25H24N6O+2. The summed E-state index contributed by atoms with van der Waals surface area (Å²) in [5.74, 6) is 1.03. The van der Waals surface area contributed by atoms with Crippen LogP contribution in [0.3, 0.4) is 0 Å². The van der Waals surface area contributed by atoms with E-state index in [9.17, 15) is 0 Å². The first-order valence-electron chi connectivity index (χ1n) is 10.6. The van der Waals surface area contributed by atoms with Gasteiger partial charge >= 0.3 is 0 Å². The average Bonchev–Trinajstić information content (AvgIpc) is 3.32. The summed E-state index contributed by atoms with van der Waals surface area (Å²) in [7, 11) is 0. The molecule has 3 aromatic heterocycles. The zero-order valence-corrected chi connectivity index (χ0v) is 17.7. The van der Waals surface area contributed by atoms with Crippen LogP contribution in [-0.4, -0.2) is 26.7 Å². The van der Waals surface area contributed by atoms with Crippen LogP contribution in [0.1, 0.15) is 11.5 Å². The Morgan fingerprint density at radius 1 is 0.812 bits per heavy atom. The van der Waals surface area contributed by atoms with E-state index < -0.39 is 0 Å². The predicted molar refractivity (Wildman–Crippen MR) is 122 cm³/mol. The van der Waals surface area contributed by atoms with Crippen molar-refractivity contribution in [2.75, 3.05) is 6.54 Å². The Hall–Kier alpha value is -3.94. The molecule has 0 amide bonds. The molecule has 32 heavy (non-hydrogen) atoms. The normalized spacial score (nSPS) is 11.2. The second kappa shape index (κ2) is 8.66. The fraction of sp³-hybridized carbons (Fsp3) is 0.120. The number of nitrogens with zero attached hydrogens (tertiary/aromatic N) is 4. The van der Waals surface area contributed by atoms with Crippen molar-refractivity contribution in [1.82, 2.24) is 20.1 Å². The lowest BCUT2D eigenvalue weighted by Crippen LogP contribution is -2.51. The standard InChI is InChI=1S/C25H22N6O/c26-12-10-22-30-25(31-32-22)24-20-14-19(17-4-2-1-3-5-17)23(29-21(20)11-13-28-24)18-8-6-16(15-27)7-9-18/h1-9,11,13-14H,10,12,15,26-27H2/p+2. The largest absolute Gasteiger partial charge is 0.357 e. The van der Waals surface area contributed by atoms with Gasteiger partial charge in [-0.15, -0.1) is 0 Å². The van der Waals surface area contributed by atoms with Gasteiger partial charge in [0.2, 0.25) is 11.7 Å². The lowest BCUT2D eigenvalue weighted by molar-refractivity contribution is -0.386. The van der Waals surface area contributed by atoms with E-state index in [-0.39, 0.29) is 0 Å². The molecule has 6 N–H and O–H groups in total. The highest BCUT2D eigenvalue weighted by molar-refractivity contribution is 5.97. The number of pyridine rings is 2. The smallest absolute Gasteiger partial charge is 0.232 e. The maximum Gasteiger partial charge on any atom is 0.232 e. The van der Waals surface area contributed by atoms with Crippen molar-refractivity contribution >= 4 is 10.9 Å². The quantitative estimate of drug-likeness (QED) is 0.434. The van der Waals surface area contributed by atoms with Crippen molar-refractivity contribution in [1.29, 1.82) is 0 Å². The molecule has 0 unspecified atom stereocenters. The highest BCUT2D eigenvalue weighted by Gasteiger charge is 2.17. The Bertz CT molecular complexity index is 1360. The van der Waals surface area contributed by atoms with E-state index in [2.05, 4.69) is 69.1 Å². The maximum atomic E-state index is 5.37. The van der Waals surface area contributed by atoms with E-state index in [0.29, 0.717) is 30.4 Å². The Balaban J connectivity index is 1.73. The summed E-state index contributed by atoms with van der Waals surface area (Å²) in [6.07, 6.45) is 2.37. The minimum absolute atomic E-state index is 0.465. The van der Waals surface area contributed by atoms with Crippen LogP contribution in [0.5, 0.6) is 0 Å². The zero-order valence-electron chi connectivity index (χ0n) is 17.7. The van der Waals surface area contributed by atoms with Crippen molar-refractivity contribution < 1.29 is 16.0 Å². The molecule has 0 aliphatic heterocycles. The molecule has 0 saturated heterocycles. The number of hydrogen-bond acceptors (Lipinski definition) is 5. The van der Waals surface area contributed by atoms with Crippen molar-refractivity contribution in [2.24, 2.45) is 0 Å². The van der Waals surface area contributed by atoms with E-state index in [4.69, 9.17) is 9.51 Å². The first kappa shape index (κ1) is 20.0. The van der Waals surface area contributed by atoms with Gasteiger partial charge in [-0.05, 0) is 17.7 Å². The number of hydrogen-bond donors (Lipinski definition) is 2. The van der Waals surface area contributed by atoms with Gasteiger partial charge in [-0.1, -0.05) is 59.8 Å². The SMILES string of the molecule is [NH3+]CCc1nc(-c2nccc3nc(-c4ccc(C[NH3+])cc4)c(-c4ccccc4)cc23)no1. The molecule has 2 aromatic carbocycles. The minimum Gasteiger partial charge on any atom is -0.357 e. The highest BCUT2D eigenvalue weighted by Crippen LogP contribution is 2.35. The lowest BCUT2D eigenvalue weighted by Gasteiger charge is -2.13. The second-order valence-corrected chi connectivity index (χ2v) is 7.54. The Labute approximate surface area is 185 Å². The van der Waals surface area contributed by atoms with E-state index in [1.807, 2.05) is 24.3 Å². The monoisotopic (exact) mass is 424 g/mol. The molecule has 158 valence electrons. The van der Waals surface area contributed by atoms with Crippen LogP contribution in [0.4, 0.5) is 0 Å².